The smallest absolute Gasteiger partial charge is 0.335 e. The molecule has 0 saturated carbocycles. The second kappa shape index (κ2) is 5.25. The molecule has 0 bridgehead atoms. The molecule has 0 radical (unpaired) electrons. The topological polar surface area (TPSA) is 26.3 Å². The maximum Gasteiger partial charge on any atom is 0.335 e. The molecule has 72 valence electrons. The molecule has 0 aliphatic carbocycles. The van der Waals surface area contributed by atoms with E-state index in [1.54, 1.807) is 24.3 Å². The van der Waals surface area contributed by atoms with Crippen molar-refractivity contribution in [2.75, 3.05) is 0 Å². The normalized spacial score (nSPS) is 10.1. The number of hydrogen-bond acceptors (Lipinski definition) is 2. The highest BCUT2D eigenvalue weighted by atomic mass is 35.5. The molecule has 0 aromatic heterocycles. The van der Waals surface area contributed by atoms with Gasteiger partial charge in [0.05, 0.1) is 6.26 Å². The van der Waals surface area contributed by atoms with Crippen LogP contribution in [0.1, 0.15) is 5.56 Å². The molecule has 1 rings (SSSR count). The van der Waals surface area contributed by atoms with Crippen LogP contribution < -0.4 is 0 Å². The van der Waals surface area contributed by atoms with Gasteiger partial charge in [0.1, 0.15) is 0 Å². The summed E-state index contributed by atoms with van der Waals surface area (Å²) >= 11 is 5.76. The van der Waals surface area contributed by atoms with Gasteiger partial charge in [-0.25, -0.2) is 4.79 Å². The number of ether oxygens (including phenoxy) is 1. The molecular formula is C11H9ClO2. The summed E-state index contributed by atoms with van der Waals surface area (Å²) in [5.74, 6) is -0.458. The summed E-state index contributed by atoms with van der Waals surface area (Å²) in [5, 5.41) is 0.629. The molecule has 1 aromatic carbocycles. The lowest BCUT2D eigenvalue weighted by atomic mass is 10.2. The van der Waals surface area contributed by atoms with Crippen LogP contribution in [0.2, 0.25) is 5.02 Å². The van der Waals surface area contributed by atoms with E-state index in [0.717, 1.165) is 11.8 Å². The Hall–Kier alpha value is -1.54. The van der Waals surface area contributed by atoms with Crippen LogP contribution in [0, 0.1) is 0 Å². The lowest BCUT2D eigenvalue weighted by Crippen LogP contribution is -1.92. The second-order valence-corrected chi connectivity index (χ2v) is 2.93. The highest BCUT2D eigenvalue weighted by Crippen LogP contribution is 2.11. The minimum absolute atomic E-state index is 0.458. The number of benzene rings is 1. The zero-order chi connectivity index (χ0) is 10.4. The predicted octanol–water partition coefficient (Wildman–Crippen LogP) is 3.04. The van der Waals surface area contributed by atoms with Crippen molar-refractivity contribution < 1.29 is 9.53 Å². The third kappa shape index (κ3) is 3.46. The van der Waals surface area contributed by atoms with Crippen LogP contribution >= 0.6 is 11.6 Å². The van der Waals surface area contributed by atoms with Gasteiger partial charge in [-0.1, -0.05) is 30.3 Å². The Balaban J connectivity index is 2.68. The van der Waals surface area contributed by atoms with E-state index in [2.05, 4.69) is 11.3 Å². The Morgan fingerprint density at radius 3 is 2.93 bits per heavy atom. The van der Waals surface area contributed by atoms with Crippen molar-refractivity contribution in [3.8, 4) is 0 Å². The van der Waals surface area contributed by atoms with Crippen molar-refractivity contribution in [1.29, 1.82) is 0 Å². The van der Waals surface area contributed by atoms with Gasteiger partial charge >= 0.3 is 5.97 Å². The molecular weight excluding hydrogens is 200 g/mol. The van der Waals surface area contributed by atoms with E-state index in [9.17, 15) is 4.79 Å². The summed E-state index contributed by atoms with van der Waals surface area (Å²) in [6, 6.07) is 7.16. The van der Waals surface area contributed by atoms with Gasteiger partial charge in [0.2, 0.25) is 0 Å². The average molecular weight is 209 g/mol. The molecule has 3 heteroatoms. The fraction of sp³-hybridized carbons (Fsp3) is 0. The molecule has 0 saturated heterocycles. The molecule has 14 heavy (non-hydrogen) atoms. The number of carbonyl (C=O) groups is 1. The Morgan fingerprint density at radius 2 is 2.29 bits per heavy atom. The van der Waals surface area contributed by atoms with Crippen LogP contribution in [0.25, 0.3) is 6.08 Å². The molecule has 0 aliphatic rings. The van der Waals surface area contributed by atoms with Crippen LogP contribution in [-0.2, 0) is 9.53 Å². The van der Waals surface area contributed by atoms with Gasteiger partial charge in [-0.05, 0) is 23.8 Å². The predicted molar refractivity (Wildman–Crippen MR) is 56.8 cm³/mol. The number of esters is 1. The highest BCUT2D eigenvalue weighted by molar-refractivity contribution is 6.30. The fourth-order valence-electron chi connectivity index (χ4n) is 0.896. The zero-order valence-electron chi connectivity index (χ0n) is 7.44. The van der Waals surface area contributed by atoms with E-state index < -0.39 is 5.97 Å². The lowest BCUT2D eigenvalue weighted by molar-refractivity contribution is -0.132. The van der Waals surface area contributed by atoms with Gasteiger partial charge in [-0.3, -0.25) is 0 Å². The van der Waals surface area contributed by atoms with E-state index in [4.69, 9.17) is 11.6 Å². The quantitative estimate of drug-likeness (QED) is 0.434. The van der Waals surface area contributed by atoms with Crippen molar-refractivity contribution >= 4 is 23.6 Å². The van der Waals surface area contributed by atoms with Gasteiger partial charge in [-0.15, -0.1) is 0 Å². The number of hydrogen-bond donors (Lipinski definition) is 0. The maximum atomic E-state index is 10.9. The van der Waals surface area contributed by atoms with E-state index in [-0.39, 0.29) is 0 Å². The first-order valence-electron chi connectivity index (χ1n) is 3.97. The van der Waals surface area contributed by atoms with Crippen LogP contribution in [0.3, 0.4) is 0 Å². The number of carbonyl (C=O) groups excluding carboxylic acids is 1. The number of rotatable bonds is 3. The van der Waals surface area contributed by atoms with Crippen LogP contribution in [-0.4, -0.2) is 5.97 Å². The minimum Gasteiger partial charge on any atom is -0.432 e. The van der Waals surface area contributed by atoms with E-state index in [1.165, 1.54) is 6.08 Å². The summed E-state index contributed by atoms with van der Waals surface area (Å²) in [6.45, 7) is 3.27. The molecule has 0 fully saturated rings. The molecule has 0 atom stereocenters. The standard InChI is InChI=1S/C11H9ClO2/c1-2-14-11(13)7-6-9-4-3-5-10(12)8-9/h2-8H,1H2/b7-6+. The molecule has 0 unspecified atom stereocenters. The summed E-state index contributed by atoms with van der Waals surface area (Å²) in [4.78, 5) is 10.9. The van der Waals surface area contributed by atoms with Crippen LogP contribution in [0.5, 0.6) is 0 Å². The van der Waals surface area contributed by atoms with Gasteiger partial charge in [0, 0.05) is 11.1 Å². The first-order chi connectivity index (χ1) is 6.72. The Bertz CT molecular complexity index is 369. The second-order valence-electron chi connectivity index (χ2n) is 2.49. The van der Waals surface area contributed by atoms with Crippen LogP contribution in [0.15, 0.2) is 43.2 Å². The summed E-state index contributed by atoms with van der Waals surface area (Å²) in [7, 11) is 0. The summed E-state index contributed by atoms with van der Waals surface area (Å²) in [5.41, 5.74) is 0.846. The summed E-state index contributed by atoms with van der Waals surface area (Å²) in [6.07, 6.45) is 4.02. The molecule has 0 spiro atoms. The first-order valence-corrected chi connectivity index (χ1v) is 4.35. The molecule has 0 N–H and O–H groups in total. The summed E-state index contributed by atoms with van der Waals surface area (Å²) < 4.78 is 4.50. The maximum absolute atomic E-state index is 10.9. The van der Waals surface area contributed by atoms with Crippen molar-refractivity contribution in [3.63, 3.8) is 0 Å². The van der Waals surface area contributed by atoms with E-state index in [1.807, 2.05) is 6.07 Å². The van der Waals surface area contributed by atoms with Crippen molar-refractivity contribution in [1.82, 2.24) is 0 Å². The van der Waals surface area contributed by atoms with Crippen molar-refractivity contribution in [3.05, 3.63) is 53.8 Å². The monoisotopic (exact) mass is 208 g/mol. The molecule has 0 heterocycles. The Morgan fingerprint density at radius 1 is 1.50 bits per heavy atom. The fourth-order valence-corrected chi connectivity index (χ4v) is 1.09. The van der Waals surface area contributed by atoms with Crippen molar-refractivity contribution in [2.45, 2.75) is 0 Å². The average Bonchev–Trinajstić information content (AvgIpc) is 2.15. The molecule has 1 aromatic rings. The van der Waals surface area contributed by atoms with Gasteiger partial charge in [0.15, 0.2) is 0 Å². The SMILES string of the molecule is C=COC(=O)/C=C/c1cccc(Cl)c1. The third-order valence-corrected chi connectivity index (χ3v) is 1.70. The molecule has 0 amide bonds. The highest BCUT2D eigenvalue weighted by Gasteiger charge is 1.93. The third-order valence-electron chi connectivity index (χ3n) is 1.46. The first kappa shape index (κ1) is 10.5. The largest absolute Gasteiger partial charge is 0.432 e. The van der Waals surface area contributed by atoms with Crippen LogP contribution in [0.4, 0.5) is 0 Å². The minimum atomic E-state index is -0.458. The van der Waals surface area contributed by atoms with E-state index >= 15 is 0 Å². The van der Waals surface area contributed by atoms with Gasteiger partial charge < -0.3 is 4.74 Å². The molecule has 2 nitrogen and oxygen atoms in total. The molecule has 0 aliphatic heterocycles. The van der Waals surface area contributed by atoms with Gasteiger partial charge in [0.25, 0.3) is 0 Å². The Labute approximate surface area is 87.5 Å². The van der Waals surface area contributed by atoms with Gasteiger partial charge in [-0.2, -0.15) is 0 Å². The van der Waals surface area contributed by atoms with E-state index in [0.29, 0.717) is 5.02 Å². The zero-order valence-corrected chi connectivity index (χ0v) is 8.20. The lowest BCUT2D eigenvalue weighted by Gasteiger charge is -1.94. The number of halogens is 1. The van der Waals surface area contributed by atoms with Crippen molar-refractivity contribution in [2.24, 2.45) is 0 Å². The Kier molecular flexibility index (Phi) is 3.95.